The van der Waals surface area contributed by atoms with E-state index in [0.717, 1.165) is 11.8 Å². The van der Waals surface area contributed by atoms with Crippen molar-refractivity contribution in [3.63, 3.8) is 0 Å². The SMILES string of the molecule is CN(C)C[C@H]1C[C@@H]1c1cccc(Br)c1. The summed E-state index contributed by atoms with van der Waals surface area (Å²) < 4.78 is 1.20. The molecule has 1 aromatic rings. The van der Waals surface area contributed by atoms with Crippen LogP contribution in [0, 0.1) is 5.92 Å². The molecule has 0 bridgehead atoms. The fourth-order valence-corrected chi connectivity index (χ4v) is 2.48. The second kappa shape index (κ2) is 4.03. The van der Waals surface area contributed by atoms with E-state index in [1.807, 2.05) is 0 Å². The smallest absolute Gasteiger partial charge is 0.0178 e. The standard InChI is InChI=1S/C12H16BrN/c1-14(2)8-10-7-12(10)9-4-3-5-11(13)6-9/h3-6,10,12H,7-8H2,1-2H3/t10-,12-/m1/s1. The molecular formula is C12H16BrN. The summed E-state index contributed by atoms with van der Waals surface area (Å²) in [6.45, 7) is 1.22. The van der Waals surface area contributed by atoms with Gasteiger partial charge in [0.05, 0.1) is 0 Å². The lowest BCUT2D eigenvalue weighted by Crippen LogP contribution is -2.15. The Morgan fingerprint density at radius 2 is 2.21 bits per heavy atom. The summed E-state index contributed by atoms with van der Waals surface area (Å²) in [5, 5.41) is 0. The molecule has 0 heterocycles. The lowest BCUT2D eigenvalue weighted by Gasteiger charge is -2.08. The molecule has 0 aliphatic heterocycles. The summed E-state index contributed by atoms with van der Waals surface area (Å²) >= 11 is 3.52. The van der Waals surface area contributed by atoms with Crippen LogP contribution in [0.25, 0.3) is 0 Å². The van der Waals surface area contributed by atoms with Crippen LogP contribution in [0.2, 0.25) is 0 Å². The largest absolute Gasteiger partial charge is 0.309 e. The first-order valence-corrected chi connectivity index (χ1v) is 5.86. The van der Waals surface area contributed by atoms with Gasteiger partial charge in [0.15, 0.2) is 0 Å². The van der Waals surface area contributed by atoms with Crippen molar-refractivity contribution < 1.29 is 0 Å². The van der Waals surface area contributed by atoms with Crippen LogP contribution in [0.5, 0.6) is 0 Å². The number of nitrogens with zero attached hydrogens (tertiary/aromatic N) is 1. The highest BCUT2D eigenvalue weighted by atomic mass is 79.9. The summed E-state index contributed by atoms with van der Waals surface area (Å²) in [5.41, 5.74) is 1.49. The molecule has 1 aliphatic carbocycles. The van der Waals surface area contributed by atoms with Gasteiger partial charge in [-0.15, -0.1) is 0 Å². The molecule has 14 heavy (non-hydrogen) atoms. The van der Waals surface area contributed by atoms with Crippen molar-refractivity contribution in [3.8, 4) is 0 Å². The minimum atomic E-state index is 0.801. The molecule has 2 heteroatoms. The zero-order chi connectivity index (χ0) is 10.1. The highest BCUT2D eigenvalue weighted by molar-refractivity contribution is 9.10. The normalized spacial score (nSPS) is 25.4. The van der Waals surface area contributed by atoms with Crippen LogP contribution < -0.4 is 0 Å². The molecule has 0 amide bonds. The Labute approximate surface area is 94.2 Å². The van der Waals surface area contributed by atoms with Crippen molar-refractivity contribution in [2.75, 3.05) is 20.6 Å². The fraction of sp³-hybridized carbons (Fsp3) is 0.500. The number of rotatable bonds is 3. The molecule has 0 spiro atoms. The first kappa shape index (κ1) is 10.2. The molecule has 1 nitrogen and oxygen atoms in total. The molecule has 0 saturated heterocycles. The van der Waals surface area contributed by atoms with Gasteiger partial charge in [-0.1, -0.05) is 28.1 Å². The highest BCUT2D eigenvalue weighted by Gasteiger charge is 2.38. The van der Waals surface area contributed by atoms with E-state index in [-0.39, 0.29) is 0 Å². The van der Waals surface area contributed by atoms with E-state index in [0.29, 0.717) is 0 Å². The average Bonchev–Trinajstić information content (AvgIpc) is 2.82. The minimum Gasteiger partial charge on any atom is -0.309 e. The van der Waals surface area contributed by atoms with E-state index in [4.69, 9.17) is 0 Å². The molecule has 1 aliphatic rings. The van der Waals surface area contributed by atoms with Crippen LogP contribution in [-0.4, -0.2) is 25.5 Å². The van der Waals surface area contributed by atoms with Crippen molar-refractivity contribution in [3.05, 3.63) is 34.3 Å². The van der Waals surface area contributed by atoms with Crippen LogP contribution in [0.15, 0.2) is 28.7 Å². The summed E-state index contributed by atoms with van der Waals surface area (Å²) in [6, 6.07) is 8.71. The zero-order valence-corrected chi connectivity index (χ0v) is 10.3. The summed E-state index contributed by atoms with van der Waals surface area (Å²) in [5.74, 6) is 1.68. The van der Waals surface area contributed by atoms with Crippen molar-refractivity contribution in [2.45, 2.75) is 12.3 Å². The predicted octanol–water partition coefficient (Wildman–Crippen LogP) is 3.11. The third-order valence-electron chi connectivity index (χ3n) is 2.80. The molecule has 1 aromatic carbocycles. The van der Waals surface area contributed by atoms with Crippen LogP contribution in [0.4, 0.5) is 0 Å². The number of halogens is 1. The summed E-state index contributed by atoms with van der Waals surface area (Å²) in [7, 11) is 4.30. The van der Waals surface area contributed by atoms with Crippen molar-refractivity contribution in [1.29, 1.82) is 0 Å². The van der Waals surface area contributed by atoms with E-state index < -0.39 is 0 Å². The van der Waals surface area contributed by atoms with Gasteiger partial charge in [-0.2, -0.15) is 0 Å². The topological polar surface area (TPSA) is 3.24 Å². The van der Waals surface area contributed by atoms with Crippen LogP contribution in [-0.2, 0) is 0 Å². The molecule has 2 rings (SSSR count). The van der Waals surface area contributed by atoms with Gasteiger partial charge in [0, 0.05) is 11.0 Å². The third kappa shape index (κ3) is 2.37. The summed E-state index contributed by atoms with van der Waals surface area (Å²) in [6.07, 6.45) is 1.36. The van der Waals surface area contributed by atoms with E-state index in [2.05, 4.69) is 59.2 Å². The van der Waals surface area contributed by atoms with Crippen molar-refractivity contribution in [1.82, 2.24) is 4.90 Å². The van der Waals surface area contributed by atoms with Crippen LogP contribution in [0.3, 0.4) is 0 Å². The number of hydrogen-bond donors (Lipinski definition) is 0. The molecule has 2 atom stereocenters. The number of hydrogen-bond acceptors (Lipinski definition) is 1. The molecule has 1 saturated carbocycles. The van der Waals surface area contributed by atoms with Gasteiger partial charge in [0.1, 0.15) is 0 Å². The van der Waals surface area contributed by atoms with Gasteiger partial charge in [0.25, 0.3) is 0 Å². The Hall–Kier alpha value is -0.340. The minimum absolute atomic E-state index is 0.801. The maximum Gasteiger partial charge on any atom is 0.0178 e. The molecule has 1 fully saturated rings. The lowest BCUT2D eigenvalue weighted by atomic mass is 10.1. The van der Waals surface area contributed by atoms with Gasteiger partial charge in [-0.3, -0.25) is 0 Å². The van der Waals surface area contributed by atoms with Crippen molar-refractivity contribution >= 4 is 15.9 Å². The van der Waals surface area contributed by atoms with E-state index in [1.54, 1.807) is 0 Å². The monoisotopic (exact) mass is 253 g/mol. The Morgan fingerprint density at radius 3 is 2.86 bits per heavy atom. The molecule has 0 aromatic heterocycles. The maximum atomic E-state index is 3.52. The van der Waals surface area contributed by atoms with Gasteiger partial charge < -0.3 is 4.90 Å². The zero-order valence-electron chi connectivity index (χ0n) is 8.70. The fourth-order valence-electron chi connectivity index (χ4n) is 2.06. The maximum absolute atomic E-state index is 3.52. The van der Waals surface area contributed by atoms with Gasteiger partial charge in [-0.05, 0) is 50.0 Å². The van der Waals surface area contributed by atoms with E-state index in [9.17, 15) is 0 Å². The Balaban J connectivity index is 1.99. The Kier molecular flexibility index (Phi) is 2.93. The molecule has 0 unspecified atom stereocenters. The molecule has 76 valence electrons. The second-order valence-electron chi connectivity index (χ2n) is 4.42. The molecule has 0 radical (unpaired) electrons. The first-order chi connectivity index (χ1) is 6.66. The van der Waals surface area contributed by atoms with Crippen molar-refractivity contribution in [2.24, 2.45) is 5.92 Å². The molecule has 0 N–H and O–H groups in total. The van der Waals surface area contributed by atoms with E-state index in [1.165, 1.54) is 23.0 Å². The van der Waals surface area contributed by atoms with Gasteiger partial charge in [0.2, 0.25) is 0 Å². The Bertz CT molecular complexity index is 322. The highest BCUT2D eigenvalue weighted by Crippen LogP contribution is 2.47. The molecular weight excluding hydrogens is 238 g/mol. The van der Waals surface area contributed by atoms with E-state index >= 15 is 0 Å². The van der Waals surface area contributed by atoms with Crippen LogP contribution in [0.1, 0.15) is 17.9 Å². The van der Waals surface area contributed by atoms with Gasteiger partial charge in [-0.25, -0.2) is 0 Å². The number of benzene rings is 1. The Morgan fingerprint density at radius 1 is 1.43 bits per heavy atom. The summed E-state index contributed by atoms with van der Waals surface area (Å²) in [4.78, 5) is 2.28. The van der Waals surface area contributed by atoms with Gasteiger partial charge >= 0.3 is 0 Å². The second-order valence-corrected chi connectivity index (χ2v) is 5.34. The average molecular weight is 254 g/mol. The predicted molar refractivity (Wildman–Crippen MR) is 63.5 cm³/mol. The first-order valence-electron chi connectivity index (χ1n) is 5.07. The van der Waals surface area contributed by atoms with Crippen LogP contribution >= 0.6 is 15.9 Å². The quantitative estimate of drug-likeness (QED) is 0.801. The third-order valence-corrected chi connectivity index (χ3v) is 3.29. The lowest BCUT2D eigenvalue weighted by molar-refractivity contribution is 0.385.